The number of anilines is 1. The third kappa shape index (κ3) is 3.89. The molecule has 0 saturated carbocycles. The fourth-order valence-corrected chi connectivity index (χ4v) is 3.66. The minimum atomic E-state index is -0.200. The Morgan fingerprint density at radius 1 is 1.36 bits per heavy atom. The summed E-state index contributed by atoms with van der Waals surface area (Å²) in [5.74, 6) is 0.299. The Labute approximate surface area is 150 Å². The van der Waals surface area contributed by atoms with Gasteiger partial charge in [0, 0.05) is 25.6 Å². The lowest BCUT2D eigenvalue weighted by molar-refractivity contribution is -0.114. The molecule has 2 unspecified atom stereocenters. The summed E-state index contributed by atoms with van der Waals surface area (Å²) in [6.07, 6.45) is 3.20. The number of hydrogen-bond donors (Lipinski definition) is 1. The molecular weight excluding hydrogens is 333 g/mol. The van der Waals surface area contributed by atoms with Crippen molar-refractivity contribution in [3.8, 4) is 17.3 Å². The molecule has 1 fully saturated rings. The first-order chi connectivity index (χ1) is 12.1. The van der Waals surface area contributed by atoms with Crippen LogP contribution in [0.15, 0.2) is 30.3 Å². The topological polar surface area (TPSA) is 74.0 Å². The Morgan fingerprint density at radius 3 is 2.80 bits per heavy atom. The third-order valence-corrected chi connectivity index (χ3v) is 4.86. The number of carbonyl (C=O) groups is 1. The number of benzene rings is 1. The predicted molar refractivity (Wildman–Crippen MR) is 101 cm³/mol. The molecule has 0 aliphatic carbocycles. The second-order valence-corrected chi connectivity index (χ2v) is 7.05. The second-order valence-electron chi connectivity index (χ2n) is 6.32. The highest BCUT2D eigenvalue weighted by atomic mass is 31.0. The normalized spacial score (nSPS) is 18.4. The Morgan fingerprint density at radius 2 is 2.12 bits per heavy atom. The van der Waals surface area contributed by atoms with E-state index in [1.165, 1.54) is 6.92 Å². The third-order valence-electron chi connectivity index (χ3n) is 4.39. The fraction of sp³-hybridized carbons (Fsp3) is 0.389. The SMILES string of the molecule is CC(=O)Nc1c(C#N)c(-c2ccccc2)nn1C1CCCCN(P)C1. The van der Waals surface area contributed by atoms with Crippen LogP contribution in [-0.2, 0) is 4.79 Å². The van der Waals surface area contributed by atoms with Gasteiger partial charge >= 0.3 is 0 Å². The standard InChI is InChI=1S/C18H22N5OP/c1-13(24)20-18-16(11-19)17(14-7-3-2-4-8-14)21-23(18)15-9-5-6-10-22(25)12-15/h2-4,7-8,15H,5-6,9-10,12,25H2,1H3,(H,20,24). The molecule has 1 aliphatic heterocycles. The van der Waals surface area contributed by atoms with E-state index in [1.54, 1.807) is 0 Å². The lowest BCUT2D eigenvalue weighted by atomic mass is 10.1. The van der Waals surface area contributed by atoms with E-state index >= 15 is 0 Å². The molecule has 1 aliphatic rings. The summed E-state index contributed by atoms with van der Waals surface area (Å²) in [5, 5.41) is 17.3. The van der Waals surface area contributed by atoms with Crippen molar-refractivity contribution in [3.63, 3.8) is 0 Å². The molecule has 6 nitrogen and oxygen atoms in total. The molecular formula is C18H22N5OP. The van der Waals surface area contributed by atoms with E-state index in [2.05, 4.69) is 25.4 Å². The van der Waals surface area contributed by atoms with Gasteiger partial charge in [-0.05, 0) is 19.3 Å². The maximum absolute atomic E-state index is 11.7. The van der Waals surface area contributed by atoms with Crippen molar-refractivity contribution in [1.82, 2.24) is 14.5 Å². The van der Waals surface area contributed by atoms with Gasteiger partial charge in [0.1, 0.15) is 23.1 Å². The van der Waals surface area contributed by atoms with Crippen molar-refractivity contribution in [1.29, 1.82) is 5.26 Å². The summed E-state index contributed by atoms with van der Waals surface area (Å²) in [4.78, 5) is 11.7. The van der Waals surface area contributed by atoms with Crippen LogP contribution < -0.4 is 5.32 Å². The second kappa shape index (κ2) is 7.77. The first-order valence-electron chi connectivity index (χ1n) is 8.45. The molecule has 1 aromatic heterocycles. The number of carbonyl (C=O) groups excluding carboxylic acids is 1. The number of amides is 1. The summed E-state index contributed by atoms with van der Waals surface area (Å²) in [6, 6.07) is 12.0. The Hall–Kier alpha value is -2.22. The van der Waals surface area contributed by atoms with Crippen LogP contribution in [0.4, 0.5) is 5.82 Å². The minimum absolute atomic E-state index is 0.117. The first kappa shape index (κ1) is 17.6. The molecule has 1 amide bonds. The molecule has 2 aromatic rings. The quantitative estimate of drug-likeness (QED) is 0.858. The van der Waals surface area contributed by atoms with Gasteiger partial charge in [-0.25, -0.2) is 4.68 Å². The lowest BCUT2D eigenvalue weighted by Crippen LogP contribution is -2.24. The highest BCUT2D eigenvalue weighted by Gasteiger charge is 2.26. The van der Waals surface area contributed by atoms with E-state index in [4.69, 9.17) is 5.10 Å². The van der Waals surface area contributed by atoms with Crippen molar-refractivity contribution in [2.24, 2.45) is 0 Å². The number of nitriles is 1. The Kier molecular flexibility index (Phi) is 5.47. The summed E-state index contributed by atoms with van der Waals surface area (Å²) in [5.41, 5.74) is 1.91. The van der Waals surface area contributed by atoms with Crippen LogP contribution in [0.5, 0.6) is 0 Å². The van der Waals surface area contributed by atoms with E-state index in [0.29, 0.717) is 17.1 Å². The Bertz CT molecular complexity index is 796. The first-order valence-corrected chi connectivity index (χ1v) is 8.97. The van der Waals surface area contributed by atoms with Gasteiger partial charge in [-0.1, -0.05) is 39.7 Å². The number of nitrogens with one attached hydrogen (secondary N) is 1. The number of hydrogen-bond acceptors (Lipinski definition) is 4. The fourth-order valence-electron chi connectivity index (χ4n) is 3.24. The van der Waals surface area contributed by atoms with Gasteiger partial charge in [-0.15, -0.1) is 0 Å². The van der Waals surface area contributed by atoms with Crippen LogP contribution in [0.2, 0.25) is 0 Å². The minimum Gasteiger partial charge on any atom is -0.310 e. The van der Waals surface area contributed by atoms with Crippen molar-refractivity contribution < 1.29 is 4.79 Å². The molecule has 0 bridgehead atoms. The average molecular weight is 355 g/mol. The Balaban J connectivity index is 2.11. The van der Waals surface area contributed by atoms with Crippen molar-refractivity contribution in [2.75, 3.05) is 18.4 Å². The van der Waals surface area contributed by atoms with Gasteiger partial charge in [0.2, 0.25) is 5.91 Å². The van der Waals surface area contributed by atoms with Crippen molar-refractivity contribution in [2.45, 2.75) is 32.2 Å². The molecule has 25 heavy (non-hydrogen) atoms. The van der Waals surface area contributed by atoms with Gasteiger partial charge in [0.15, 0.2) is 0 Å². The number of nitrogens with zero attached hydrogens (tertiary/aromatic N) is 4. The molecule has 0 radical (unpaired) electrons. The summed E-state index contributed by atoms with van der Waals surface area (Å²) < 4.78 is 4.04. The van der Waals surface area contributed by atoms with Crippen LogP contribution in [0.1, 0.15) is 37.8 Å². The smallest absolute Gasteiger partial charge is 0.222 e. The van der Waals surface area contributed by atoms with Crippen LogP contribution in [-0.4, -0.2) is 33.4 Å². The number of aromatic nitrogens is 2. The molecule has 2 heterocycles. The maximum atomic E-state index is 11.7. The van der Waals surface area contributed by atoms with Crippen molar-refractivity contribution in [3.05, 3.63) is 35.9 Å². The summed E-state index contributed by atoms with van der Waals surface area (Å²) >= 11 is 0. The van der Waals surface area contributed by atoms with Gasteiger partial charge in [0.05, 0.1) is 6.04 Å². The molecule has 3 rings (SSSR count). The van der Waals surface area contributed by atoms with E-state index in [0.717, 1.165) is 37.9 Å². The van der Waals surface area contributed by atoms with Gasteiger partial charge < -0.3 is 5.32 Å². The van der Waals surface area contributed by atoms with Crippen LogP contribution >= 0.6 is 9.39 Å². The molecule has 130 valence electrons. The summed E-state index contributed by atoms with van der Waals surface area (Å²) in [6.45, 7) is 3.29. The molecule has 2 atom stereocenters. The zero-order chi connectivity index (χ0) is 17.8. The van der Waals surface area contributed by atoms with E-state index < -0.39 is 0 Å². The van der Waals surface area contributed by atoms with Gasteiger partial charge in [-0.2, -0.15) is 10.4 Å². The van der Waals surface area contributed by atoms with E-state index in [-0.39, 0.29) is 11.9 Å². The monoisotopic (exact) mass is 355 g/mol. The lowest BCUT2D eigenvalue weighted by Gasteiger charge is -2.22. The largest absolute Gasteiger partial charge is 0.310 e. The van der Waals surface area contributed by atoms with Gasteiger partial charge in [0.25, 0.3) is 0 Å². The number of rotatable bonds is 3. The maximum Gasteiger partial charge on any atom is 0.222 e. The van der Waals surface area contributed by atoms with E-state index in [9.17, 15) is 10.1 Å². The van der Waals surface area contributed by atoms with Crippen LogP contribution in [0, 0.1) is 11.3 Å². The molecule has 1 aromatic carbocycles. The highest BCUT2D eigenvalue weighted by Crippen LogP contribution is 2.33. The van der Waals surface area contributed by atoms with E-state index in [1.807, 2.05) is 35.0 Å². The molecule has 0 spiro atoms. The average Bonchev–Trinajstić information content (AvgIpc) is 2.81. The van der Waals surface area contributed by atoms with Crippen LogP contribution in [0.25, 0.3) is 11.3 Å². The van der Waals surface area contributed by atoms with Crippen LogP contribution in [0.3, 0.4) is 0 Å². The molecule has 1 saturated heterocycles. The van der Waals surface area contributed by atoms with Crippen molar-refractivity contribution >= 4 is 21.1 Å². The predicted octanol–water partition coefficient (Wildman–Crippen LogP) is 3.20. The zero-order valence-corrected chi connectivity index (χ0v) is 15.4. The highest BCUT2D eigenvalue weighted by molar-refractivity contribution is 7.13. The molecule has 7 heteroatoms. The summed E-state index contributed by atoms with van der Waals surface area (Å²) in [7, 11) is 2.76. The zero-order valence-electron chi connectivity index (χ0n) is 14.3. The van der Waals surface area contributed by atoms with Gasteiger partial charge in [-0.3, -0.25) is 9.46 Å². The molecule has 1 N–H and O–H groups in total.